The predicted octanol–water partition coefficient (Wildman–Crippen LogP) is 4.71. The molecule has 0 unspecified atom stereocenters. The number of nitrogens with zero attached hydrogens (tertiary/aromatic N) is 2. The molecule has 4 rings (SSSR count). The maximum atomic E-state index is 13.3. The van der Waals surface area contributed by atoms with Crippen molar-refractivity contribution in [3.05, 3.63) is 64.9 Å². The van der Waals surface area contributed by atoms with Crippen LogP contribution < -0.4 is 5.32 Å². The number of hydrogen-bond acceptors (Lipinski definition) is 4. The van der Waals surface area contributed by atoms with Crippen LogP contribution in [-0.2, 0) is 11.2 Å². The van der Waals surface area contributed by atoms with Crippen LogP contribution in [0, 0.1) is 12.7 Å². The maximum Gasteiger partial charge on any atom is 0.226 e. The second-order valence-electron chi connectivity index (χ2n) is 6.21. The molecule has 136 valence electrons. The van der Waals surface area contributed by atoms with Gasteiger partial charge in [-0.25, -0.2) is 4.39 Å². The Kier molecular flexibility index (Phi) is 4.68. The highest BCUT2D eigenvalue weighted by molar-refractivity contribution is 7.15. The lowest BCUT2D eigenvalue weighted by atomic mass is 10.0. The molecule has 0 saturated carbocycles. The van der Waals surface area contributed by atoms with Crippen LogP contribution >= 0.6 is 11.3 Å². The zero-order chi connectivity index (χ0) is 18.8. The molecule has 2 heterocycles. The number of para-hydroxylation sites is 1. The number of H-pyrrole nitrogens is 1. The third-order valence-electron chi connectivity index (χ3n) is 4.32. The number of carbonyl (C=O) groups is 1. The molecule has 4 aromatic rings. The van der Waals surface area contributed by atoms with Crippen molar-refractivity contribution < 1.29 is 9.18 Å². The van der Waals surface area contributed by atoms with Crippen LogP contribution in [0.5, 0.6) is 0 Å². The Morgan fingerprint density at radius 1 is 1.15 bits per heavy atom. The van der Waals surface area contributed by atoms with Gasteiger partial charge in [0.1, 0.15) is 10.8 Å². The molecular formula is C20H17FN4OS. The van der Waals surface area contributed by atoms with E-state index in [0.29, 0.717) is 18.0 Å². The van der Waals surface area contributed by atoms with Crippen LogP contribution in [-0.4, -0.2) is 21.1 Å². The fourth-order valence-corrected chi connectivity index (χ4v) is 3.70. The van der Waals surface area contributed by atoms with Crippen molar-refractivity contribution in [2.24, 2.45) is 0 Å². The van der Waals surface area contributed by atoms with Gasteiger partial charge in [-0.15, -0.1) is 10.2 Å². The van der Waals surface area contributed by atoms with Crippen LogP contribution in [0.25, 0.3) is 22.2 Å². The van der Waals surface area contributed by atoms with Crippen molar-refractivity contribution in [3.63, 3.8) is 0 Å². The topological polar surface area (TPSA) is 70.7 Å². The second-order valence-corrected chi connectivity index (χ2v) is 7.39. The number of benzene rings is 2. The molecule has 0 radical (unpaired) electrons. The van der Waals surface area contributed by atoms with E-state index in [1.54, 1.807) is 12.1 Å². The molecule has 2 aromatic carbocycles. The van der Waals surface area contributed by atoms with E-state index in [1.807, 2.05) is 31.2 Å². The average molecular weight is 380 g/mol. The zero-order valence-corrected chi connectivity index (χ0v) is 15.4. The molecular weight excluding hydrogens is 363 g/mol. The largest absolute Gasteiger partial charge is 0.354 e. The summed E-state index contributed by atoms with van der Waals surface area (Å²) < 4.78 is 13.3. The van der Waals surface area contributed by atoms with Crippen molar-refractivity contribution in [2.75, 3.05) is 5.32 Å². The number of rotatable bonds is 5. The lowest BCUT2D eigenvalue weighted by molar-refractivity contribution is -0.116. The molecule has 0 bridgehead atoms. The average Bonchev–Trinajstić information content (AvgIpc) is 3.24. The number of halogens is 1. The fourth-order valence-electron chi connectivity index (χ4n) is 3.09. The van der Waals surface area contributed by atoms with E-state index in [9.17, 15) is 9.18 Å². The monoisotopic (exact) mass is 380 g/mol. The van der Waals surface area contributed by atoms with Gasteiger partial charge in [-0.05, 0) is 54.8 Å². The van der Waals surface area contributed by atoms with Gasteiger partial charge in [0.2, 0.25) is 11.0 Å². The minimum atomic E-state index is -0.275. The summed E-state index contributed by atoms with van der Waals surface area (Å²) in [6, 6.07) is 14.3. The lowest BCUT2D eigenvalue weighted by Crippen LogP contribution is -2.12. The number of carbonyl (C=O) groups excluding carboxylic acids is 1. The van der Waals surface area contributed by atoms with Crippen LogP contribution in [0.4, 0.5) is 9.52 Å². The van der Waals surface area contributed by atoms with Crippen molar-refractivity contribution in [1.82, 2.24) is 15.2 Å². The first kappa shape index (κ1) is 17.4. The summed E-state index contributed by atoms with van der Waals surface area (Å²) in [5, 5.41) is 13.0. The van der Waals surface area contributed by atoms with Crippen molar-refractivity contribution in [1.29, 1.82) is 0 Å². The number of nitrogens with one attached hydrogen (secondary N) is 2. The number of fused-ring (bicyclic) bond motifs is 1. The third-order valence-corrected chi connectivity index (χ3v) is 5.08. The number of aryl methyl sites for hydroxylation is 2. The molecule has 2 aromatic heterocycles. The number of hydrogen-bond donors (Lipinski definition) is 2. The molecule has 0 spiro atoms. The van der Waals surface area contributed by atoms with Crippen LogP contribution in [0.15, 0.2) is 48.5 Å². The molecule has 1 amide bonds. The molecule has 7 heteroatoms. The van der Waals surface area contributed by atoms with Gasteiger partial charge < -0.3 is 10.3 Å². The van der Waals surface area contributed by atoms with Gasteiger partial charge in [0.15, 0.2) is 0 Å². The first-order chi connectivity index (χ1) is 13.1. The van der Waals surface area contributed by atoms with Gasteiger partial charge in [0.25, 0.3) is 0 Å². The maximum absolute atomic E-state index is 13.3. The number of amides is 1. The van der Waals surface area contributed by atoms with Crippen molar-refractivity contribution in [3.8, 4) is 11.3 Å². The quantitative estimate of drug-likeness (QED) is 0.527. The summed E-state index contributed by atoms with van der Waals surface area (Å²) in [6.07, 6.45) is 0.870. The highest BCUT2D eigenvalue weighted by Gasteiger charge is 2.15. The van der Waals surface area contributed by atoms with E-state index >= 15 is 0 Å². The summed E-state index contributed by atoms with van der Waals surface area (Å²) >= 11 is 1.35. The minimum absolute atomic E-state index is 0.110. The standard InChI is InChI=1S/C20H17FN4OS/c1-12-24-25-20(27-12)23-18(26)11-10-16-15-4-2-3-5-17(15)22-19(16)13-6-8-14(21)9-7-13/h2-9,22H,10-11H2,1H3,(H,23,25,26). The van der Waals surface area contributed by atoms with E-state index in [0.717, 1.165) is 32.7 Å². The van der Waals surface area contributed by atoms with E-state index in [1.165, 1.54) is 23.5 Å². The fraction of sp³-hybridized carbons (Fsp3) is 0.150. The molecule has 0 saturated heterocycles. The van der Waals surface area contributed by atoms with Crippen molar-refractivity contribution in [2.45, 2.75) is 19.8 Å². The minimum Gasteiger partial charge on any atom is -0.354 e. The Morgan fingerprint density at radius 3 is 2.67 bits per heavy atom. The predicted molar refractivity (Wildman–Crippen MR) is 105 cm³/mol. The first-order valence-corrected chi connectivity index (χ1v) is 9.37. The first-order valence-electron chi connectivity index (χ1n) is 8.55. The molecule has 5 nitrogen and oxygen atoms in total. The summed E-state index contributed by atoms with van der Waals surface area (Å²) in [7, 11) is 0. The molecule has 0 atom stereocenters. The Hall–Kier alpha value is -3.06. The van der Waals surface area contributed by atoms with Crippen LogP contribution in [0.3, 0.4) is 0 Å². The van der Waals surface area contributed by atoms with Gasteiger partial charge in [-0.2, -0.15) is 0 Å². The molecule has 2 N–H and O–H groups in total. The number of aromatic nitrogens is 3. The van der Waals surface area contributed by atoms with E-state index < -0.39 is 0 Å². The van der Waals surface area contributed by atoms with Gasteiger partial charge >= 0.3 is 0 Å². The second kappa shape index (κ2) is 7.28. The molecule has 0 aliphatic carbocycles. The van der Waals surface area contributed by atoms with E-state index in [-0.39, 0.29) is 11.7 Å². The summed E-state index contributed by atoms with van der Waals surface area (Å²) in [5.74, 6) is -0.385. The van der Waals surface area contributed by atoms with Crippen molar-refractivity contribution >= 4 is 33.3 Å². The molecule has 0 aliphatic rings. The number of aromatic amines is 1. The molecule has 0 aliphatic heterocycles. The molecule has 0 fully saturated rings. The Balaban J connectivity index is 1.60. The van der Waals surface area contributed by atoms with Crippen LogP contribution in [0.2, 0.25) is 0 Å². The zero-order valence-electron chi connectivity index (χ0n) is 14.6. The highest BCUT2D eigenvalue weighted by Crippen LogP contribution is 2.31. The summed E-state index contributed by atoms with van der Waals surface area (Å²) in [5.41, 5.74) is 3.84. The van der Waals surface area contributed by atoms with Gasteiger partial charge in [0, 0.05) is 23.0 Å². The summed E-state index contributed by atoms with van der Waals surface area (Å²) in [6.45, 7) is 1.84. The highest BCUT2D eigenvalue weighted by atomic mass is 32.1. The SMILES string of the molecule is Cc1nnc(NC(=O)CCc2c(-c3ccc(F)cc3)[nH]c3ccccc23)s1. The van der Waals surface area contributed by atoms with E-state index in [2.05, 4.69) is 20.5 Å². The molecule has 27 heavy (non-hydrogen) atoms. The Morgan fingerprint density at radius 2 is 1.93 bits per heavy atom. The normalized spacial score (nSPS) is 11.0. The Labute approximate surface area is 159 Å². The van der Waals surface area contributed by atoms with E-state index in [4.69, 9.17) is 0 Å². The van der Waals surface area contributed by atoms with Gasteiger partial charge in [-0.3, -0.25) is 4.79 Å². The number of anilines is 1. The van der Waals surface area contributed by atoms with Gasteiger partial charge in [0.05, 0.1) is 0 Å². The Bertz CT molecular complexity index is 1100. The van der Waals surface area contributed by atoms with Crippen LogP contribution in [0.1, 0.15) is 17.0 Å². The van der Waals surface area contributed by atoms with Gasteiger partial charge in [-0.1, -0.05) is 29.5 Å². The third kappa shape index (κ3) is 3.73. The smallest absolute Gasteiger partial charge is 0.226 e. The lowest BCUT2D eigenvalue weighted by Gasteiger charge is -2.06. The summed E-state index contributed by atoms with van der Waals surface area (Å²) in [4.78, 5) is 15.7.